The molecule has 0 unspecified atom stereocenters. The second-order valence-electron chi connectivity index (χ2n) is 5.74. The molecule has 0 aliphatic heterocycles. The lowest BCUT2D eigenvalue weighted by molar-refractivity contribution is 0.0739. The summed E-state index contributed by atoms with van der Waals surface area (Å²) >= 11 is 0. The molecule has 0 radical (unpaired) electrons. The summed E-state index contributed by atoms with van der Waals surface area (Å²) < 4.78 is 0. The van der Waals surface area contributed by atoms with Crippen LogP contribution in [0.1, 0.15) is 44.9 Å². The monoisotopic (exact) mass is 271 g/mol. The van der Waals surface area contributed by atoms with Gasteiger partial charge in [0.2, 0.25) is 0 Å². The molecule has 0 fully saturated rings. The molecule has 0 aliphatic rings. The van der Waals surface area contributed by atoms with Crippen molar-refractivity contribution in [3.63, 3.8) is 0 Å². The van der Waals surface area contributed by atoms with Crippen LogP contribution in [0.2, 0.25) is 0 Å². The quantitative estimate of drug-likeness (QED) is 0.892. The van der Waals surface area contributed by atoms with Crippen LogP contribution in [-0.4, -0.2) is 15.1 Å². The van der Waals surface area contributed by atoms with Gasteiger partial charge in [-0.15, -0.1) is 0 Å². The van der Waals surface area contributed by atoms with Gasteiger partial charge in [-0.25, -0.2) is 4.98 Å². The number of nitrogens with one attached hydrogen (secondary N) is 1. The summed E-state index contributed by atoms with van der Waals surface area (Å²) in [5.41, 5.74) is 1.78. The van der Waals surface area contributed by atoms with Gasteiger partial charge in [0, 0.05) is 18.1 Å². The van der Waals surface area contributed by atoms with Crippen molar-refractivity contribution in [2.75, 3.05) is 5.32 Å². The third-order valence-corrected chi connectivity index (χ3v) is 3.11. The molecular weight excluding hydrogens is 250 g/mol. The van der Waals surface area contributed by atoms with E-state index in [0.29, 0.717) is 11.6 Å². The average molecular weight is 271 g/mol. The van der Waals surface area contributed by atoms with Gasteiger partial charge in [0.1, 0.15) is 11.4 Å². The van der Waals surface area contributed by atoms with Crippen LogP contribution in [0.4, 0.5) is 11.5 Å². The Hall–Kier alpha value is -1.94. The normalized spacial score (nSPS) is 11.7. The summed E-state index contributed by atoms with van der Waals surface area (Å²) in [7, 11) is 0. The largest absolute Gasteiger partial charge is 0.384 e. The second-order valence-corrected chi connectivity index (χ2v) is 5.74. The molecular formula is C16H21N3O. The zero-order valence-corrected chi connectivity index (χ0v) is 12.4. The maximum atomic E-state index is 9.99. The molecule has 20 heavy (non-hydrogen) atoms. The molecule has 0 spiro atoms. The Labute approximate surface area is 119 Å². The number of aliphatic hydroxyl groups is 1. The van der Waals surface area contributed by atoms with E-state index in [1.165, 1.54) is 5.56 Å². The fourth-order valence-corrected chi connectivity index (χ4v) is 1.87. The Morgan fingerprint density at radius 2 is 1.80 bits per heavy atom. The van der Waals surface area contributed by atoms with Gasteiger partial charge in [-0.05, 0) is 49.6 Å². The lowest BCUT2D eigenvalue weighted by Gasteiger charge is -2.17. The highest BCUT2D eigenvalue weighted by molar-refractivity contribution is 5.57. The molecule has 106 valence electrons. The fourth-order valence-electron chi connectivity index (χ4n) is 1.87. The highest BCUT2D eigenvalue weighted by atomic mass is 16.3. The third-order valence-electron chi connectivity index (χ3n) is 3.11. The van der Waals surface area contributed by atoms with E-state index in [2.05, 4.69) is 29.1 Å². The molecule has 0 atom stereocenters. The Kier molecular flexibility index (Phi) is 4.04. The summed E-state index contributed by atoms with van der Waals surface area (Å²) in [5.74, 6) is 1.26. The predicted molar refractivity (Wildman–Crippen MR) is 81.1 cm³/mol. The SMILES string of the molecule is CC(C)c1ccnc(Nc2ccnc(C(C)(C)O)c2)c1. The predicted octanol–water partition coefficient (Wildman–Crippen LogP) is 3.57. The van der Waals surface area contributed by atoms with Crippen LogP contribution in [0.5, 0.6) is 0 Å². The molecule has 4 nitrogen and oxygen atoms in total. The van der Waals surface area contributed by atoms with Gasteiger partial charge in [-0.3, -0.25) is 4.98 Å². The van der Waals surface area contributed by atoms with Gasteiger partial charge in [0.05, 0.1) is 5.69 Å². The first-order valence-electron chi connectivity index (χ1n) is 6.78. The first-order valence-corrected chi connectivity index (χ1v) is 6.78. The number of nitrogens with zero attached hydrogens (tertiary/aromatic N) is 2. The summed E-state index contributed by atoms with van der Waals surface area (Å²) in [6, 6.07) is 7.75. The van der Waals surface area contributed by atoms with Crippen molar-refractivity contribution in [2.24, 2.45) is 0 Å². The molecule has 2 heterocycles. The van der Waals surface area contributed by atoms with Crippen molar-refractivity contribution in [3.8, 4) is 0 Å². The van der Waals surface area contributed by atoms with Crippen molar-refractivity contribution < 1.29 is 5.11 Å². The van der Waals surface area contributed by atoms with E-state index in [1.807, 2.05) is 24.3 Å². The Morgan fingerprint density at radius 3 is 2.45 bits per heavy atom. The van der Waals surface area contributed by atoms with E-state index in [9.17, 15) is 5.11 Å². The average Bonchev–Trinajstić information content (AvgIpc) is 2.38. The van der Waals surface area contributed by atoms with Crippen LogP contribution in [0.3, 0.4) is 0 Å². The summed E-state index contributed by atoms with van der Waals surface area (Å²) in [6.07, 6.45) is 3.48. The molecule has 0 aromatic carbocycles. The topological polar surface area (TPSA) is 58.0 Å². The number of anilines is 2. The highest BCUT2D eigenvalue weighted by Gasteiger charge is 2.17. The summed E-state index contributed by atoms with van der Waals surface area (Å²) in [6.45, 7) is 7.74. The number of pyridine rings is 2. The van der Waals surface area contributed by atoms with Crippen LogP contribution in [0.15, 0.2) is 36.7 Å². The van der Waals surface area contributed by atoms with E-state index < -0.39 is 5.60 Å². The Bertz CT molecular complexity index is 588. The van der Waals surface area contributed by atoms with Gasteiger partial charge < -0.3 is 10.4 Å². The third kappa shape index (κ3) is 3.54. The maximum absolute atomic E-state index is 9.99. The molecule has 2 aromatic rings. The van der Waals surface area contributed by atoms with E-state index in [0.717, 1.165) is 11.5 Å². The van der Waals surface area contributed by atoms with Gasteiger partial charge in [-0.1, -0.05) is 13.8 Å². The first kappa shape index (κ1) is 14.5. The second kappa shape index (κ2) is 5.59. The molecule has 4 heteroatoms. The fraction of sp³-hybridized carbons (Fsp3) is 0.375. The van der Waals surface area contributed by atoms with E-state index >= 15 is 0 Å². The maximum Gasteiger partial charge on any atom is 0.130 e. The van der Waals surface area contributed by atoms with E-state index in [4.69, 9.17) is 0 Å². The zero-order valence-electron chi connectivity index (χ0n) is 12.4. The zero-order chi connectivity index (χ0) is 14.8. The Balaban J connectivity index is 2.24. The van der Waals surface area contributed by atoms with E-state index in [1.54, 1.807) is 26.2 Å². The van der Waals surface area contributed by atoms with E-state index in [-0.39, 0.29) is 0 Å². The van der Waals surface area contributed by atoms with Crippen molar-refractivity contribution in [1.29, 1.82) is 0 Å². The van der Waals surface area contributed by atoms with Crippen molar-refractivity contribution >= 4 is 11.5 Å². The van der Waals surface area contributed by atoms with Crippen molar-refractivity contribution in [1.82, 2.24) is 9.97 Å². The molecule has 0 saturated heterocycles. The van der Waals surface area contributed by atoms with Gasteiger partial charge >= 0.3 is 0 Å². The van der Waals surface area contributed by atoms with Crippen LogP contribution >= 0.6 is 0 Å². The molecule has 0 bridgehead atoms. The highest BCUT2D eigenvalue weighted by Crippen LogP contribution is 2.23. The number of hydrogen-bond donors (Lipinski definition) is 2. The molecule has 2 N–H and O–H groups in total. The smallest absolute Gasteiger partial charge is 0.130 e. The number of aromatic nitrogens is 2. The molecule has 0 aliphatic carbocycles. The minimum absolute atomic E-state index is 0.461. The van der Waals surface area contributed by atoms with Crippen molar-refractivity contribution in [2.45, 2.75) is 39.2 Å². The van der Waals surface area contributed by atoms with Crippen LogP contribution in [0.25, 0.3) is 0 Å². The van der Waals surface area contributed by atoms with Gasteiger partial charge in [-0.2, -0.15) is 0 Å². The van der Waals surface area contributed by atoms with Crippen molar-refractivity contribution in [3.05, 3.63) is 47.9 Å². The lowest BCUT2D eigenvalue weighted by atomic mass is 10.0. The van der Waals surface area contributed by atoms with Crippen LogP contribution in [0, 0.1) is 0 Å². The number of rotatable bonds is 4. The minimum atomic E-state index is -0.953. The van der Waals surface area contributed by atoms with Crippen LogP contribution < -0.4 is 5.32 Å². The molecule has 2 aromatic heterocycles. The summed E-state index contributed by atoms with van der Waals surface area (Å²) in [4.78, 5) is 8.50. The first-order chi connectivity index (χ1) is 9.36. The standard InChI is InChI=1S/C16H21N3O/c1-11(2)12-5-7-18-15(9-12)19-13-6-8-17-14(10-13)16(3,4)20/h5-11,20H,1-4H3,(H,17,18,19). The lowest BCUT2D eigenvalue weighted by Crippen LogP contribution is -2.17. The summed E-state index contributed by atoms with van der Waals surface area (Å²) in [5, 5.41) is 13.2. The van der Waals surface area contributed by atoms with Crippen LogP contribution in [-0.2, 0) is 5.60 Å². The van der Waals surface area contributed by atoms with Gasteiger partial charge in [0.15, 0.2) is 0 Å². The minimum Gasteiger partial charge on any atom is -0.384 e. The molecule has 0 saturated carbocycles. The Morgan fingerprint density at radius 1 is 1.10 bits per heavy atom. The molecule has 2 rings (SSSR count). The number of hydrogen-bond acceptors (Lipinski definition) is 4. The molecule has 0 amide bonds. The van der Waals surface area contributed by atoms with Gasteiger partial charge in [0.25, 0.3) is 0 Å².